The number of nitrogens with one attached hydrogen (secondary N) is 3. The Labute approximate surface area is 153 Å². The molecule has 1 rings (SSSR count). The fraction of sp³-hybridized carbons (Fsp3) is 0.438. The summed E-state index contributed by atoms with van der Waals surface area (Å²) in [5, 5.41) is 2.36. The summed E-state index contributed by atoms with van der Waals surface area (Å²) in [5.74, 6) is -1.39. The number of sulfonamides is 1. The zero-order valence-electron chi connectivity index (χ0n) is 15.2. The maximum atomic E-state index is 12.1. The normalized spacial score (nSPS) is 11.3. The van der Waals surface area contributed by atoms with Crippen LogP contribution in [0, 0.1) is 5.92 Å². The van der Waals surface area contributed by atoms with Crippen LogP contribution in [0.4, 0.5) is 0 Å². The third-order valence-corrected chi connectivity index (χ3v) is 5.03. The van der Waals surface area contributed by atoms with Crippen LogP contribution in [0.15, 0.2) is 29.2 Å². The average molecular weight is 384 g/mol. The van der Waals surface area contributed by atoms with Gasteiger partial charge in [0.1, 0.15) is 0 Å². The number of carbonyl (C=O) groups is 3. The van der Waals surface area contributed by atoms with E-state index in [-0.39, 0.29) is 35.2 Å². The molecule has 0 heterocycles. The second-order valence-electron chi connectivity index (χ2n) is 6.19. The van der Waals surface area contributed by atoms with E-state index in [4.69, 9.17) is 0 Å². The van der Waals surface area contributed by atoms with Crippen molar-refractivity contribution in [3.8, 4) is 0 Å². The first-order valence-corrected chi connectivity index (χ1v) is 9.36. The lowest BCUT2D eigenvalue weighted by Crippen LogP contribution is -2.46. The molecule has 0 aromatic heterocycles. The molecule has 1 aromatic carbocycles. The predicted molar refractivity (Wildman–Crippen MR) is 95.4 cm³/mol. The van der Waals surface area contributed by atoms with Crippen LogP contribution in [0.3, 0.4) is 0 Å². The highest BCUT2D eigenvalue weighted by molar-refractivity contribution is 7.89. The number of nitrogens with zero attached hydrogens (tertiary/aromatic N) is 1. The van der Waals surface area contributed by atoms with Crippen LogP contribution in [0.1, 0.15) is 30.6 Å². The highest BCUT2D eigenvalue weighted by atomic mass is 32.2. The summed E-state index contributed by atoms with van der Waals surface area (Å²) in [6.45, 7) is 3.37. The second kappa shape index (κ2) is 9.30. The van der Waals surface area contributed by atoms with Crippen molar-refractivity contribution in [2.45, 2.75) is 25.2 Å². The summed E-state index contributed by atoms with van der Waals surface area (Å²) in [4.78, 5) is 35.1. The molecule has 0 aliphatic rings. The Morgan fingerprint density at radius 1 is 1.08 bits per heavy atom. The Hall–Kier alpha value is -2.46. The fourth-order valence-electron chi connectivity index (χ4n) is 1.88. The van der Waals surface area contributed by atoms with Crippen LogP contribution < -0.4 is 16.2 Å². The second-order valence-corrected chi connectivity index (χ2v) is 8.34. The molecular weight excluding hydrogens is 360 g/mol. The third-order valence-electron chi connectivity index (χ3n) is 3.22. The Bertz CT molecular complexity index is 775. The van der Waals surface area contributed by atoms with Gasteiger partial charge >= 0.3 is 0 Å². The maximum Gasteiger partial charge on any atom is 0.257 e. The number of amides is 3. The van der Waals surface area contributed by atoms with E-state index < -0.39 is 21.8 Å². The van der Waals surface area contributed by atoms with Gasteiger partial charge in [0.15, 0.2) is 0 Å². The Balaban J connectivity index is 2.61. The van der Waals surface area contributed by atoms with Crippen LogP contribution in [-0.2, 0) is 19.6 Å². The van der Waals surface area contributed by atoms with Gasteiger partial charge in [0.25, 0.3) is 11.8 Å². The largest absolute Gasteiger partial charge is 0.343 e. The maximum absolute atomic E-state index is 12.1. The highest BCUT2D eigenvalue weighted by Crippen LogP contribution is 2.14. The van der Waals surface area contributed by atoms with Crippen LogP contribution >= 0.6 is 0 Å². The smallest absolute Gasteiger partial charge is 0.257 e. The van der Waals surface area contributed by atoms with E-state index >= 15 is 0 Å². The van der Waals surface area contributed by atoms with Crippen molar-refractivity contribution in [2.24, 2.45) is 5.92 Å². The number of benzene rings is 1. The first-order chi connectivity index (χ1) is 12.0. The number of hydrogen-bond donors (Lipinski definition) is 3. The van der Waals surface area contributed by atoms with Crippen molar-refractivity contribution >= 4 is 27.7 Å². The van der Waals surface area contributed by atoms with Gasteiger partial charge in [0, 0.05) is 26.1 Å². The molecule has 0 unspecified atom stereocenters. The molecule has 0 aliphatic heterocycles. The molecule has 144 valence electrons. The van der Waals surface area contributed by atoms with Crippen molar-refractivity contribution in [3.63, 3.8) is 0 Å². The number of hydrazine groups is 1. The monoisotopic (exact) mass is 384 g/mol. The standard InChI is InChI=1S/C16H24N4O5S/c1-11(2)8-14(21)18-19-15(22)10-17-16(23)12-6-5-7-13(9-12)26(24,25)20(3)4/h5-7,9,11H,8,10H2,1-4H3,(H,17,23)(H,18,21)(H,19,22). The SMILES string of the molecule is CC(C)CC(=O)NNC(=O)CNC(=O)c1cccc(S(=O)(=O)N(C)C)c1. The molecule has 0 aliphatic carbocycles. The molecule has 9 nitrogen and oxygen atoms in total. The topological polar surface area (TPSA) is 125 Å². The molecule has 10 heteroatoms. The van der Waals surface area contributed by atoms with Crippen molar-refractivity contribution in [2.75, 3.05) is 20.6 Å². The minimum absolute atomic E-state index is 0.0273. The average Bonchev–Trinajstić information content (AvgIpc) is 2.57. The zero-order chi connectivity index (χ0) is 19.9. The van der Waals surface area contributed by atoms with Crippen molar-refractivity contribution in [1.82, 2.24) is 20.5 Å². The third kappa shape index (κ3) is 6.45. The van der Waals surface area contributed by atoms with Gasteiger partial charge in [-0.05, 0) is 24.1 Å². The minimum atomic E-state index is -3.67. The van der Waals surface area contributed by atoms with E-state index in [0.29, 0.717) is 0 Å². The summed E-state index contributed by atoms with van der Waals surface area (Å²) in [6.07, 6.45) is 0.264. The Morgan fingerprint density at radius 2 is 1.69 bits per heavy atom. The predicted octanol–water partition coefficient (Wildman–Crippen LogP) is -0.140. The molecule has 0 spiro atoms. The molecule has 3 amide bonds. The first-order valence-electron chi connectivity index (χ1n) is 7.92. The van der Waals surface area contributed by atoms with E-state index in [1.807, 2.05) is 13.8 Å². The quantitative estimate of drug-likeness (QED) is 0.565. The molecule has 3 N–H and O–H groups in total. The fourth-order valence-corrected chi connectivity index (χ4v) is 2.82. The number of rotatable bonds is 7. The summed E-state index contributed by atoms with van der Waals surface area (Å²) >= 11 is 0. The Morgan fingerprint density at radius 3 is 2.27 bits per heavy atom. The number of hydrogen-bond acceptors (Lipinski definition) is 5. The molecule has 0 atom stereocenters. The van der Waals surface area contributed by atoms with E-state index in [0.717, 1.165) is 4.31 Å². The van der Waals surface area contributed by atoms with Gasteiger partial charge in [-0.15, -0.1) is 0 Å². The van der Waals surface area contributed by atoms with Gasteiger partial charge in [-0.2, -0.15) is 0 Å². The molecule has 1 aromatic rings. The Kier molecular flexibility index (Phi) is 7.72. The molecular formula is C16H24N4O5S. The van der Waals surface area contributed by atoms with Crippen LogP contribution in [0.5, 0.6) is 0 Å². The van der Waals surface area contributed by atoms with E-state index in [1.165, 1.54) is 38.4 Å². The zero-order valence-corrected chi connectivity index (χ0v) is 16.0. The summed E-state index contributed by atoms with van der Waals surface area (Å²) in [6, 6.07) is 5.49. The summed E-state index contributed by atoms with van der Waals surface area (Å²) in [5.41, 5.74) is 4.54. The van der Waals surface area contributed by atoms with E-state index in [9.17, 15) is 22.8 Å². The highest BCUT2D eigenvalue weighted by Gasteiger charge is 2.19. The lowest BCUT2D eigenvalue weighted by molar-refractivity contribution is -0.128. The van der Waals surface area contributed by atoms with E-state index in [1.54, 1.807) is 0 Å². The molecule has 26 heavy (non-hydrogen) atoms. The number of carbonyl (C=O) groups excluding carboxylic acids is 3. The first kappa shape index (κ1) is 21.6. The molecule has 0 saturated carbocycles. The summed E-state index contributed by atoms with van der Waals surface area (Å²) in [7, 11) is -0.888. The van der Waals surface area contributed by atoms with Crippen molar-refractivity contribution in [1.29, 1.82) is 0 Å². The van der Waals surface area contributed by atoms with Crippen molar-refractivity contribution < 1.29 is 22.8 Å². The van der Waals surface area contributed by atoms with Gasteiger partial charge < -0.3 is 5.32 Å². The van der Waals surface area contributed by atoms with E-state index in [2.05, 4.69) is 16.2 Å². The summed E-state index contributed by atoms with van der Waals surface area (Å²) < 4.78 is 25.2. The molecule has 0 fully saturated rings. The van der Waals surface area contributed by atoms with Gasteiger partial charge in [-0.25, -0.2) is 12.7 Å². The van der Waals surface area contributed by atoms with Gasteiger partial charge in [0.05, 0.1) is 11.4 Å². The van der Waals surface area contributed by atoms with Crippen LogP contribution in [0.2, 0.25) is 0 Å². The molecule has 0 radical (unpaired) electrons. The van der Waals surface area contributed by atoms with Crippen LogP contribution in [0.25, 0.3) is 0 Å². The molecule has 0 saturated heterocycles. The van der Waals surface area contributed by atoms with Gasteiger partial charge in [-0.1, -0.05) is 19.9 Å². The molecule has 0 bridgehead atoms. The van der Waals surface area contributed by atoms with Crippen LogP contribution in [-0.4, -0.2) is 51.1 Å². The van der Waals surface area contributed by atoms with Gasteiger partial charge in [0.2, 0.25) is 15.9 Å². The minimum Gasteiger partial charge on any atom is -0.343 e. The lowest BCUT2D eigenvalue weighted by Gasteiger charge is -2.12. The lowest BCUT2D eigenvalue weighted by atomic mass is 10.1. The van der Waals surface area contributed by atoms with Gasteiger partial charge in [-0.3, -0.25) is 25.2 Å². The van der Waals surface area contributed by atoms with Crippen molar-refractivity contribution in [3.05, 3.63) is 29.8 Å².